The zero-order valence-corrected chi connectivity index (χ0v) is 20.2. The monoisotopic (exact) mass is 479 g/mol. The van der Waals surface area contributed by atoms with Gasteiger partial charge in [0.2, 0.25) is 16.0 Å². The molecule has 8 nitrogen and oxygen atoms in total. The van der Waals surface area contributed by atoms with E-state index in [2.05, 4.69) is 33.0 Å². The number of nitrogens with zero attached hydrogens (tertiary/aromatic N) is 5. The predicted octanol–water partition coefficient (Wildman–Crippen LogP) is 2.38. The summed E-state index contributed by atoms with van der Waals surface area (Å²) in [5, 5.41) is 2.26. The maximum absolute atomic E-state index is 13.6. The van der Waals surface area contributed by atoms with E-state index in [-0.39, 0.29) is 0 Å². The summed E-state index contributed by atoms with van der Waals surface area (Å²) in [4.78, 5) is 14.3. The highest BCUT2D eigenvalue weighted by Gasteiger charge is 2.33. The van der Waals surface area contributed by atoms with Crippen molar-refractivity contribution in [2.75, 3.05) is 62.3 Å². The number of ether oxygens (including phenoxy) is 1. The molecule has 1 aromatic heterocycles. The molecule has 3 aliphatic rings. The lowest BCUT2D eigenvalue weighted by Gasteiger charge is -2.35. The molecule has 2 fully saturated rings. The van der Waals surface area contributed by atoms with Gasteiger partial charge in [0.05, 0.1) is 18.1 Å². The molecular formula is C25H29N5O3S. The molecule has 0 bridgehead atoms. The van der Waals surface area contributed by atoms with Gasteiger partial charge in [0.25, 0.3) is 0 Å². The standard InChI is InChI=1S/C25H29N5O3S/c1-18-17-23(28-13-15-33-16-14-28)27-25(26-18)29-9-11-30(12-10-29)34(31,32)22-8-6-20-4-2-3-19-5-7-21(22)24(19)20/h2-4,6,8,17H,5,7,9-16H2,1H3. The Bertz CT molecular complexity index is 1350. The number of benzene rings is 2. The summed E-state index contributed by atoms with van der Waals surface area (Å²) >= 11 is 0. The Morgan fingerprint density at radius 1 is 0.882 bits per heavy atom. The summed E-state index contributed by atoms with van der Waals surface area (Å²) in [5.41, 5.74) is 3.14. The molecule has 6 rings (SSSR count). The Morgan fingerprint density at radius 2 is 1.68 bits per heavy atom. The van der Waals surface area contributed by atoms with Gasteiger partial charge in [0, 0.05) is 51.0 Å². The first-order valence-electron chi connectivity index (χ1n) is 12.0. The number of hydrogen-bond acceptors (Lipinski definition) is 7. The first-order chi connectivity index (χ1) is 16.5. The normalized spacial score (nSPS) is 19.2. The lowest BCUT2D eigenvalue weighted by Crippen LogP contribution is -2.49. The zero-order valence-electron chi connectivity index (χ0n) is 19.4. The summed E-state index contributed by atoms with van der Waals surface area (Å²) in [6, 6.07) is 12.0. The molecule has 3 heterocycles. The van der Waals surface area contributed by atoms with Gasteiger partial charge in [0.1, 0.15) is 5.82 Å². The molecule has 9 heteroatoms. The van der Waals surface area contributed by atoms with E-state index >= 15 is 0 Å². The van der Waals surface area contributed by atoms with E-state index < -0.39 is 10.0 Å². The molecule has 34 heavy (non-hydrogen) atoms. The molecular weight excluding hydrogens is 450 g/mol. The van der Waals surface area contributed by atoms with Gasteiger partial charge in [-0.15, -0.1) is 0 Å². The van der Waals surface area contributed by atoms with Crippen LogP contribution >= 0.6 is 0 Å². The smallest absolute Gasteiger partial charge is 0.243 e. The van der Waals surface area contributed by atoms with Gasteiger partial charge in [0.15, 0.2) is 0 Å². The number of piperazine rings is 1. The third-order valence-electron chi connectivity index (χ3n) is 7.14. The Morgan fingerprint density at radius 3 is 2.47 bits per heavy atom. The molecule has 0 spiro atoms. The van der Waals surface area contributed by atoms with Crippen molar-refractivity contribution in [3.63, 3.8) is 0 Å². The van der Waals surface area contributed by atoms with Gasteiger partial charge in [-0.3, -0.25) is 0 Å². The van der Waals surface area contributed by atoms with Crippen molar-refractivity contribution in [2.24, 2.45) is 0 Å². The number of anilines is 2. The maximum Gasteiger partial charge on any atom is 0.243 e. The number of hydrogen-bond donors (Lipinski definition) is 0. The highest BCUT2D eigenvalue weighted by Crippen LogP contribution is 2.36. The van der Waals surface area contributed by atoms with E-state index in [4.69, 9.17) is 9.72 Å². The average molecular weight is 480 g/mol. The number of aromatic nitrogens is 2. The average Bonchev–Trinajstić information content (AvgIpc) is 3.30. The van der Waals surface area contributed by atoms with Crippen molar-refractivity contribution in [3.8, 4) is 0 Å². The Balaban J connectivity index is 1.22. The van der Waals surface area contributed by atoms with Gasteiger partial charge < -0.3 is 14.5 Å². The summed E-state index contributed by atoms with van der Waals surface area (Å²) < 4.78 is 34.4. The van der Waals surface area contributed by atoms with Crippen molar-refractivity contribution >= 4 is 32.6 Å². The Hall–Kier alpha value is -2.75. The molecule has 2 aliphatic heterocycles. The molecule has 0 N–H and O–H groups in total. The molecule has 2 saturated heterocycles. The molecule has 0 atom stereocenters. The highest BCUT2D eigenvalue weighted by molar-refractivity contribution is 7.89. The molecule has 0 amide bonds. The topological polar surface area (TPSA) is 78.9 Å². The van der Waals surface area contributed by atoms with Gasteiger partial charge >= 0.3 is 0 Å². The van der Waals surface area contributed by atoms with Crippen LogP contribution in [-0.4, -0.2) is 75.2 Å². The van der Waals surface area contributed by atoms with Crippen LogP contribution in [0.4, 0.5) is 11.8 Å². The zero-order chi connectivity index (χ0) is 23.3. The largest absolute Gasteiger partial charge is 0.378 e. The number of rotatable bonds is 4. The number of aryl methyl sites for hydroxylation is 3. The van der Waals surface area contributed by atoms with Crippen LogP contribution in [0.1, 0.15) is 16.8 Å². The molecule has 2 aromatic carbocycles. The van der Waals surface area contributed by atoms with Crippen molar-refractivity contribution in [1.29, 1.82) is 0 Å². The minimum atomic E-state index is -3.56. The minimum Gasteiger partial charge on any atom is -0.378 e. The van der Waals surface area contributed by atoms with E-state index in [9.17, 15) is 8.42 Å². The van der Waals surface area contributed by atoms with Crippen LogP contribution < -0.4 is 9.80 Å². The van der Waals surface area contributed by atoms with Crippen LogP contribution in [0.5, 0.6) is 0 Å². The molecule has 1 aliphatic carbocycles. The minimum absolute atomic E-state index is 0.422. The fourth-order valence-corrected chi connectivity index (χ4v) is 7.05. The third-order valence-corrected chi connectivity index (χ3v) is 9.13. The predicted molar refractivity (Wildman–Crippen MR) is 132 cm³/mol. The summed E-state index contributed by atoms with van der Waals surface area (Å²) in [6.45, 7) is 7.00. The maximum atomic E-state index is 13.6. The van der Waals surface area contributed by atoms with Crippen LogP contribution in [-0.2, 0) is 27.6 Å². The van der Waals surface area contributed by atoms with E-state index in [1.165, 1.54) is 5.56 Å². The summed E-state index contributed by atoms with van der Waals surface area (Å²) in [7, 11) is -3.56. The van der Waals surface area contributed by atoms with E-state index in [0.29, 0.717) is 50.2 Å². The summed E-state index contributed by atoms with van der Waals surface area (Å²) in [5.74, 6) is 1.59. The van der Waals surface area contributed by atoms with Crippen molar-refractivity contribution < 1.29 is 13.2 Å². The molecule has 0 radical (unpaired) electrons. The first-order valence-corrected chi connectivity index (χ1v) is 13.4. The van der Waals surface area contributed by atoms with Crippen LogP contribution in [0.15, 0.2) is 41.3 Å². The summed E-state index contributed by atoms with van der Waals surface area (Å²) in [6.07, 6.45) is 1.69. The van der Waals surface area contributed by atoms with Crippen LogP contribution in [0.25, 0.3) is 10.8 Å². The van der Waals surface area contributed by atoms with E-state index in [1.807, 2.05) is 19.1 Å². The lowest BCUT2D eigenvalue weighted by atomic mass is 10.1. The van der Waals surface area contributed by atoms with E-state index in [1.54, 1.807) is 10.4 Å². The quantitative estimate of drug-likeness (QED) is 0.569. The van der Waals surface area contributed by atoms with Gasteiger partial charge in [-0.1, -0.05) is 24.3 Å². The highest BCUT2D eigenvalue weighted by atomic mass is 32.2. The molecule has 3 aromatic rings. The molecule has 0 unspecified atom stereocenters. The number of sulfonamides is 1. The van der Waals surface area contributed by atoms with Crippen molar-refractivity contribution in [2.45, 2.75) is 24.7 Å². The second-order valence-electron chi connectivity index (χ2n) is 9.22. The van der Waals surface area contributed by atoms with Crippen LogP contribution in [0, 0.1) is 6.92 Å². The fourth-order valence-electron chi connectivity index (χ4n) is 5.37. The number of morpholine rings is 1. The Labute approximate surface area is 200 Å². The van der Waals surface area contributed by atoms with E-state index in [0.717, 1.165) is 53.8 Å². The first kappa shape index (κ1) is 21.8. The second kappa shape index (κ2) is 8.48. The van der Waals surface area contributed by atoms with Gasteiger partial charge in [-0.05, 0) is 47.7 Å². The van der Waals surface area contributed by atoms with Crippen molar-refractivity contribution in [3.05, 3.63) is 53.2 Å². The van der Waals surface area contributed by atoms with Gasteiger partial charge in [-0.25, -0.2) is 13.4 Å². The van der Waals surface area contributed by atoms with Crippen LogP contribution in [0.2, 0.25) is 0 Å². The second-order valence-corrected chi connectivity index (χ2v) is 11.1. The SMILES string of the molecule is Cc1cc(N2CCOCC2)nc(N2CCN(S(=O)(=O)c3ccc4cccc5c4c3CC5)CC2)n1. The van der Waals surface area contributed by atoms with Crippen LogP contribution in [0.3, 0.4) is 0 Å². The van der Waals surface area contributed by atoms with Gasteiger partial charge in [-0.2, -0.15) is 9.29 Å². The van der Waals surface area contributed by atoms with Crippen molar-refractivity contribution in [1.82, 2.24) is 14.3 Å². The lowest BCUT2D eigenvalue weighted by molar-refractivity contribution is 0.122. The molecule has 178 valence electrons. The molecule has 0 saturated carbocycles. The third kappa shape index (κ3) is 3.72. The Kier molecular flexibility index (Phi) is 5.43. The fraction of sp³-hybridized carbons (Fsp3) is 0.440.